The van der Waals surface area contributed by atoms with Crippen molar-refractivity contribution in [1.29, 1.82) is 0 Å². The minimum atomic E-state index is -0.0953. The summed E-state index contributed by atoms with van der Waals surface area (Å²) < 4.78 is 0. The quantitative estimate of drug-likeness (QED) is 0.403. The normalized spacial score (nSPS) is 30.8. The van der Waals surface area contributed by atoms with Gasteiger partial charge in [0, 0.05) is 12.8 Å². The van der Waals surface area contributed by atoms with Gasteiger partial charge >= 0.3 is 0 Å². The molecule has 2 unspecified atom stereocenters. The van der Waals surface area contributed by atoms with Crippen molar-refractivity contribution in [3.8, 4) is 0 Å². The van der Waals surface area contributed by atoms with E-state index in [0.29, 0.717) is 12.2 Å². The Labute approximate surface area is 71.6 Å². The van der Waals surface area contributed by atoms with Crippen molar-refractivity contribution in [2.24, 2.45) is 0 Å². The van der Waals surface area contributed by atoms with Gasteiger partial charge in [0.25, 0.3) is 0 Å². The third-order valence-electron chi connectivity index (χ3n) is 1.75. The third-order valence-corrected chi connectivity index (χ3v) is 1.75. The molecule has 12 heavy (non-hydrogen) atoms. The third kappa shape index (κ3) is 2.48. The van der Waals surface area contributed by atoms with Crippen LogP contribution in [0.4, 0.5) is 0 Å². The van der Waals surface area contributed by atoms with Crippen LogP contribution in [0, 0.1) is 0 Å². The minimum absolute atomic E-state index is 0.0953. The van der Waals surface area contributed by atoms with Gasteiger partial charge in [-0.25, -0.2) is 15.0 Å². The summed E-state index contributed by atoms with van der Waals surface area (Å²) in [6, 6.07) is 0. The molecule has 0 aliphatic carbocycles. The van der Waals surface area contributed by atoms with E-state index in [9.17, 15) is 0 Å². The monoisotopic (exact) mass is 174 g/mol. The molecule has 1 aliphatic rings. The molecule has 4 nitrogen and oxygen atoms in total. The second kappa shape index (κ2) is 4.45. The highest BCUT2D eigenvalue weighted by molar-refractivity contribution is 4.97. The molecule has 2 atom stereocenters. The van der Waals surface area contributed by atoms with Crippen molar-refractivity contribution >= 4 is 0 Å². The van der Waals surface area contributed by atoms with Crippen LogP contribution in [0.5, 0.6) is 0 Å². The predicted molar refractivity (Wildman–Crippen MR) is 42.1 cm³/mol. The van der Waals surface area contributed by atoms with Gasteiger partial charge in [0.15, 0.2) is 0 Å². The molecule has 4 heteroatoms. The molecule has 0 saturated carbocycles. The summed E-state index contributed by atoms with van der Waals surface area (Å²) in [6.45, 7) is 3.82. The van der Waals surface area contributed by atoms with E-state index < -0.39 is 0 Å². The maximum Gasteiger partial charge on any atom is 0.140 e. The van der Waals surface area contributed by atoms with Crippen molar-refractivity contribution in [3.05, 3.63) is 11.8 Å². The summed E-state index contributed by atoms with van der Waals surface area (Å²) in [4.78, 5) is 13.9. The zero-order chi connectivity index (χ0) is 8.97. The lowest BCUT2D eigenvalue weighted by Gasteiger charge is -2.02. The molecule has 1 N–H and O–H groups in total. The molecule has 1 heterocycles. The highest BCUT2D eigenvalue weighted by Crippen LogP contribution is 2.19. The van der Waals surface area contributed by atoms with Gasteiger partial charge in [0.05, 0.1) is 6.10 Å². The highest BCUT2D eigenvalue weighted by atomic mass is 17.2. The van der Waals surface area contributed by atoms with Crippen LogP contribution >= 0.6 is 0 Å². The van der Waals surface area contributed by atoms with E-state index in [1.165, 1.54) is 0 Å². The SMILES string of the molecule is CC/C(=C/C1CC(C)OO1)OO. The zero-order valence-electron chi connectivity index (χ0n) is 7.32. The van der Waals surface area contributed by atoms with Crippen LogP contribution in [0.3, 0.4) is 0 Å². The number of hydrogen-bond acceptors (Lipinski definition) is 4. The van der Waals surface area contributed by atoms with E-state index in [0.717, 1.165) is 6.42 Å². The Morgan fingerprint density at radius 1 is 1.67 bits per heavy atom. The topological polar surface area (TPSA) is 47.9 Å². The second-order valence-electron chi connectivity index (χ2n) is 2.86. The lowest BCUT2D eigenvalue weighted by Crippen LogP contribution is -2.03. The molecular weight excluding hydrogens is 160 g/mol. The van der Waals surface area contributed by atoms with E-state index in [4.69, 9.17) is 15.0 Å². The second-order valence-corrected chi connectivity index (χ2v) is 2.86. The van der Waals surface area contributed by atoms with Crippen LogP contribution in [-0.2, 0) is 14.7 Å². The Morgan fingerprint density at radius 3 is 2.83 bits per heavy atom. The summed E-state index contributed by atoms with van der Waals surface area (Å²) in [5.41, 5.74) is 0. The molecule has 0 aromatic carbocycles. The molecule has 1 rings (SSSR count). The zero-order valence-corrected chi connectivity index (χ0v) is 7.32. The predicted octanol–water partition coefficient (Wildman–Crippen LogP) is 1.88. The average Bonchev–Trinajstić information content (AvgIpc) is 2.47. The molecule has 0 bridgehead atoms. The molecule has 1 fully saturated rings. The summed E-state index contributed by atoms with van der Waals surface area (Å²) in [5, 5.41) is 8.39. The molecule has 0 amide bonds. The van der Waals surface area contributed by atoms with E-state index in [1.807, 2.05) is 13.8 Å². The summed E-state index contributed by atoms with van der Waals surface area (Å²) >= 11 is 0. The minimum Gasteiger partial charge on any atom is -0.345 e. The molecule has 70 valence electrons. The molecule has 0 aromatic heterocycles. The molecular formula is C8H14O4. The Bertz CT molecular complexity index is 160. The van der Waals surface area contributed by atoms with Gasteiger partial charge < -0.3 is 4.89 Å². The first-order valence-corrected chi connectivity index (χ1v) is 4.10. The van der Waals surface area contributed by atoms with E-state index >= 15 is 0 Å². The fourth-order valence-electron chi connectivity index (χ4n) is 1.09. The van der Waals surface area contributed by atoms with Crippen molar-refractivity contribution in [3.63, 3.8) is 0 Å². The first-order chi connectivity index (χ1) is 5.76. The summed E-state index contributed by atoms with van der Waals surface area (Å²) in [5.74, 6) is 0.512. The van der Waals surface area contributed by atoms with Gasteiger partial charge in [-0.05, 0) is 13.0 Å². The lowest BCUT2D eigenvalue weighted by atomic mass is 10.1. The van der Waals surface area contributed by atoms with Crippen LogP contribution in [0.1, 0.15) is 26.7 Å². The lowest BCUT2D eigenvalue weighted by molar-refractivity contribution is -0.286. The molecule has 0 aromatic rings. The fourth-order valence-corrected chi connectivity index (χ4v) is 1.09. The summed E-state index contributed by atoms with van der Waals surface area (Å²) in [7, 11) is 0. The fraction of sp³-hybridized carbons (Fsp3) is 0.750. The maximum absolute atomic E-state index is 8.39. The van der Waals surface area contributed by atoms with Crippen LogP contribution in [0.2, 0.25) is 0 Å². The van der Waals surface area contributed by atoms with E-state index in [1.54, 1.807) is 6.08 Å². The van der Waals surface area contributed by atoms with Gasteiger partial charge in [-0.15, -0.1) is 0 Å². The van der Waals surface area contributed by atoms with E-state index in [2.05, 4.69) is 4.89 Å². The number of allylic oxidation sites excluding steroid dienone is 1. The first kappa shape index (κ1) is 9.51. The standard InChI is InChI=1S/C8H14O4/c1-3-7(10-9)5-8-4-6(2)11-12-8/h5-6,8-9H,3-4H2,1-2H3/b7-5-. The van der Waals surface area contributed by atoms with E-state index in [-0.39, 0.29) is 12.2 Å². The number of hydrogen-bond donors (Lipinski definition) is 1. The molecule has 1 aliphatic heterocycles. The van der Waals surface area contributed by atoms with Crippen LogP contribution in [0.15, 0.2) is 11.8 Å². The Balaban J connectivity index is 2.43. The molecule has 0 spiro atoms. The van der Waals surface area contributed by atoms with Gasteiger partial charge in [0.2, 0.25) is 0 Å². The van der Waals surface area contributed by atoms with Gasteiger partial charge in [-0.2, -0.15) is 0 Å². The van der Waals surface area contributed by atoms with Crippen LogP contribution < -0.4 is 0 Å². The van der Waals surface area contributed by atoms with Crippen molar-refractivity contribution in [2.75, 3.05) is 0 Å². The molecule has 0 radical (unpaired) electrons. The van der Waals surface area contributed by atoms with Gasteiger partial charge in [-0.3, -0.25) is 0 Å². The Morgan fingerprint density at radius 2 is 2.42 bits per heavy atom. The van der Waals surface area contributed by atoms with Gasteiger partial charge in [0.1, 0.15) is 11.9 Å². The van der Waals surface area contributed by atoms with Crippen molar-refractivity contribution in [1.82, 2.24) is 0 Å². The van der Waals surface area contributed by atoms with Crippen molar-refractivity contribution < 1.29 is 19.9 Å². The average molecular weight is 174 g/mol. The first-order valence-electron chi connectivity index (χ1n) is 4.10. The Hall–Kier alpha value is -0.580. The van der Waals surface area contributed by atoms with Crippen LogP contribution in [0.25, 0.3) is 0 Å². The Kier molecular flexibility index (Phi) is 3.52. The smallest absolute Gasteiger partial charge is 0.140 e. The van der Waals surface area contributed by atoms with Crippen molar-refractivity contribution in [2.45, 2.75) is 38.9 Å². The summed E-state index contributed by atoms with van der Waals surface area (Å²) in [6.07, 6.45) is 3.19. The molecule has 1 saturated heterocycles. The number of rotatable bonds is 3. The van der Waals surface area contributed by atoms with Crippen LogP contribution in [-0.4, -0.2) is 17.5 Å². The maximum atomic E-state index is 8.39. The van der Waals surface area contributed by atoms with Gasteiger partial charge in [-0.1, -0.05) is 6.92 Å². The highest BCUT2D eigenvalue weighted by Gasteiger charge is 2.22. The largest absolute Gasteiger partial charge is 0.345 e.